The molecule has 1 aliphatic heterocycles. The van der Waals surface area contributed by atoms with Gasteiger partial charge in [0.2, 0.25) is 0 Å². The fraction of sp³-hybridized carbons (Fsp3) is 0.381. The summed E-state index contributed by atoms with van der Waals surface area (Å²) in [6.45, 7) is 2.47. The van der Waals surface area contributed by atoms with Gasteiger partial charge in [0.05, 0.1) is 7.11 Å². The van der Waals surface area contributed by atoms with Crippen molar-refractivity contribution < 1.29 is 14.3 Å². The first-order valence-electron chi connectivity index (χ1n) is 8.87. The van der Waals surface area contributed by atoms with Crippen LogP contribution < -0.4 is 10.1 Å². The van der Waals surface area contributed by atoms with Gasteiger partial charge in [-0.05, 0) is 48.9 Å². The van der Waals surface area contributed by atoms with Crippen LogP contribution in [0.5, 0.6) is 5.75 Å². The molecule has 1 saturated heterocycles. The van der Waals surface area contributed by atoms with Crippen LogP contribution in [-0.2, 0) is 4.74 Å². The van der Waals surface area contributed by atoms with Gasteiger partial charge < -0.3 is 14.8 Å². The minimum atomic E-state index is -0.0192. The molecule has 4 heteroatoms. The topological polar surface area (TPSA) is 47.6 Å². The van der Waals surface area contributed by atoms with E-state index in [9.17, 15) is 4.79 Å². The first-order valence-corrected chi connectivity index (χ1v) is 8.87. The fourth-order valence-electron chi connectivity index (χ4n) is 3.19. The van der Waals surface area contributed by atoms with Gasteiger partial charge in [-0.1, -0.05) is 30.3 Å². The molecule has 0 bridgehead atoms. The Labute approximate surface area is 149 Å². The highest BCUT2D eigenvalue weighted by atomic mass is 16.5. The maximum absolute atomic E-state index is 12.3. The van der Waals surface area contributed by atoms with Gasteiger partial charge in [0.1, 0.15) is 5.75 Å². The molecule has 0 spiro atoms. The van der Waals surface area contributed by atoms with Gasteiger partial charge in [-0.25, -0.2) is 0 Å². The van der Waals surface area contributed by atoms with E-state index in [2.05, 4.69) is 5.32 Å². The molecule has 1 fully saturated rings. The molecule has 0 aliphatic carbocycles. The van der Waals surface area contributed by atoms with Crippen LogP contribution in [0.3, 0.4) is 0 Å². The van der Waals surface area contributed by atoms with Crippen molar-refractivity contribution >= 4 is 5.91 Å². The molecule has 2 aromatic rings. The first-order chi connectivity index (χ1) is 12.3. The van der Waals surface area contributed by atoms with Gasteiger partial charge in [-0.2, -0.15) is 0 Å². The summed E-state index contributed by atoms with van der Waals surface area (Å²) in [6, 6.07) is 15.5. The number of ether oxygens (including phenoxy) is 2. The smallest absolute Gasteiger partial charge is 0.251 e. The molecule has 1 amide bonds. The summed E-state index contributed by atoms with van der Waals surface area (Å²) in [7, 11) is 1.67. The molecule has 0 radical (unpaired) electrons. The SMILES string of the molecule is COc1ccccc1-c1ccc(C(=O)NCCCC2CCOC2)cc1. The van der Waals surface area contributed by atoms with E-state index in [1.165, 1.54) is 0 Å². The van der Waals surface area contributed by atoms with E-state index in [0.29, 0.717) is 18.0 Å². The summed E-state index contributed by atoms with van der Waals surface area (Å²) in [5, 5.41) is 3.00. The van der Waals surface area contributed by atoms with Crippen molar-refractivity contribution in [3.63, 3.8) is 0 Å². The predicted molar refractivity (Wildman–Crippen MR) is 98.9 cm³/mol. The van der Waals surface area contributed by atoms with Crippen LogP contribution in [0.4, 0.5) is 0 Å². The number of hydrogen-bond donors (Lipinski definition) is 1. The molecule has 1 aliphatic rings. The first kappa shape index (κ1) is 17.5. The zero-order valence-electron chi connectivity index (χ0n) is 14.7. The van der Waals surface area contributed by atoms with E-state index >= 15 is 0 Å². The Kier molecular flexibility index (Phi) is 6.07. The van der Waals surface area contributed by atoms with Crippen LogP contribution in [0.1, 0.15) is 29.6 Å². The second-order valence-corrected chi connectivity index (χ2v) is 6.41. The van der Waals surface area contributed by atoms with Gasteiger partial charge in [0.25, 0.3) is 5.91 Å². The molecular weight excluding hydrogens is 314 g/mol. The second-order valence-electron chi connectivity index (χ2n) is 6.41. The lowest BCUT2D eigenvalue weighted by Gasteiger charge is -2.10. The van der Waals surface area contributed by atoms with Crippen LogP contribution in [-0.4, -0.2) is 32.8 Å². The molecule has 1 N–H and O–H groups in total. The molecule has 132 valence electrons. The van der Waals surface area contributed by atoms with E-state index in [0.717, 1.165) is 49.4 Å². The van der Waals surface area contributed by atoms with Crippen molar-refractivity contribution in [2.45, 2.75) is 19.3 Å². The van der Waals surface area contributed by atoms with E-state index in [-0.39, 0.29) is 5.91 Å². The van der Waals surface area contributed by atoms with Crippen LogP contribution in [0.25, 0.3) is 11.1 Å². The molecule has 25 heavy (non-hydrogen) atoms. The zero-order chi connectivity index (χ0) is 17.5. The minimum Gasteiger partial charge on any atom is -0.496 e. The van der Waals surface area contributed by atoms with Gasteiger partial charge in [-0.3, -0.25) is 4.79 Å². The Balaban J connectivity index is 1.53. The predicted octanol–water partition coefficient (Wildman–Crippen LogP) is 3.91. The maximum Gasteiger partial charge on any atom is 0.251 e. The largest absolute Gasteiger partial charge is 0.496 e. The standard InChI is InChI=1S/C21H25NO3/c1-24-20-7-3-2-6-19(20)17-8-10-18(11-9-17)21(23)22-13-4-5-16-12-14-25-15-16/h2-3,6-11,16H,4-5,12-15H2,1H3,(H,22,23). The van der Waals surface area contributed by atoms with Crippen LogP contribution in [0, 0.1) is 5.92 Å². The summed E-state index contributed by atoms with van der Waals surface area (Å²) >= 11 is 0. The molecule has 1 heterocycles. The monoisotopic (exact) mass is 339 g/mol. The van der Waals surface area contributed by atoms with Gasteiger partial charge >= 0.3 is 0 Å². The highest BCUT2D eigenvalue weighted by molar-refractivity contribution is 5.94. The Hall–Kier alpha value is -2.33. The number of methoxy groups -OCH3 is 1. The van der Waals surface area contributed by atoms with Crippen LogP contribution in [0.2, 0.25) is 0 Å². The summed E-state index contributed by atoms with van der Waals surface area (Å²) in [4.78, 5) is 12.3. The molecule has 3 rings (SSSR count). The van der Waals surface area contributed by atoms with Crippen molar-refractivity contribution in [1.29, 1.82) is 0 Å². The second kappa shape index (κ2) is 8.67. The van der Waals surface area contributed by atoms with Crippen molar-refractivity contribution in [3.05, 3.63) is 54.1 Å². The van der Waals surface area contributed by atoms with Crippen LogP contribution >= 0.6 is 0 Å². The number of para-hydroxylation sites is 1. The third kappa shape index (κ3) is 4.60. The summed E-state index contributed by atoms with van der Waals surface area (Å²) in [5.74, 6) is 1.47. The minimum absolute atomic E-state index is 0.0192. The van der Waals surface area contributed by atoms with Crippen LogP contribution in [0.15, 0.2) is 48.5 Å². The number of carbonyl (C=O) groups excluding carboxylic acids is 1. The van der Waals surface area contributed by atoms with Crippen molar-refractivity contribution in [2.24, 2.45) is 5.92 Å². The van der Waals surface area contributed by atoms with Crippen molar-refractivity contribution in [1.82, 2.24) is 5.32 Å². The summed E-state index contributed by atoms with van der Waals surface area (Å²) in [5.41, 5.74) is 2.74. The Morgan fingerprint density at radius 1 is 1.20 bits per heavy atom. The molecule has 1 unspecified atom stereocenters. The van der Waals surface area contributed by atoms with Crippen molar-refractivity contribution in [3.8, 4) is 16.9 Å². The van der Waals surface area contributed by atoms with Gasteiger partial charge in [0, 0.05) is 30.9 Å². The normalized spacial score (nSPS) is 16.6. The Morgan fingerprint density at radius 2 is 2.00 bits per heavy atom. The average Bonchev–Trinajstić information content (AvgIpc) is 3.18. The van der Waals surface area contributed by atoms with Gasteiger partial charge in [-0.15, -0.1) is 0 Å². The molecule has 2 aromatic carbocycles. The van der Waals surface area contributed by atoms with E-state index < -0.39 is 0 Å². The molecule has 4 nitrogen and oxygen atoms in total. The van der Waals surface area contributed by atoms with E-state index in [1.54, 1.807) is 7.11 Å². The highest BCUT2D eigenvalue weighted by Crippen LogP contribution is 2.29. The molecular formula is C21H25NO3. The lowest BCUT2D eigenvalue weighted by molar-refractivity contribution is 0.0952. The molecule has 0 aromatic heterocycles. The summed E-state index contributed by atoms with van der Waals surface area (Å²) in [6.07, 6.45) is 3.27. The van der Waals surface area contributed by atoms with Crippen molar-refractivity contribution in [2.75, 3.05) is 26.9 Å². The Morgan fingerprint density at radius 3 is 2.72 bits per heavy atom. The van der Waals surface area contributed by atoms with E-state index in [4.69, 9.17) is 9.47 Å². The van der Waals surface area contributed by atoms with Gasteiger partial charge in [0.15, 0.2) is 0 Å². The number of benzene rings is 2. The third-order valence-corrected chi connectivity index (χ3v) is 4.66. The number of hydrogen-bond acceptors (Lipinski definition) is 3. The average molecular weight is 339 g/mol. The lowest BCUT2D eigenvalue weighted by Crippen LogP contribution is -2.24. The number of amides is 1. The maximum atomic E-state index is 12.3. The quantitative estimate of drug-likeness (QED) is 0.778. The number of carbonyl (C=O) groups is 1. The van der Waals surface area contributed by atoms with E-state index in [1.807, 2.05) is 48.5 Å². The zero-order valence-corrected chi connectivity index (χ0v) is 14.7. The lowest BCUT2D eigenvalue weighted by atomic mass is 10.0. The fourth-order valence-corrected chi connectivity index (χ4v) is 3.19. The number of rotatable bonds is 7. The summed E-state index contributed by atoms with van der Waals surface area (Å²) < 4.78 is 10.8. The molecule has 0 saturated carbocycles. The highest BCUT2D eigenvalue weighted by Gasteiger charge is 2.15. The number of nitrogens with one attached hydrogen (secondary N) is 1. The molecule has 1 atom stereocenters. The third-order valence-electron chi connectivity index (χ3n) is 4.66. The Bertz CT molecular complexity index is 691.